The SMILES string of the molecule is C=CC(Cl)C(C)(C)CC(=O)OC. The van der Waals surface area contributed by atoms with Crippen molar-refractivity contribution in [1.82, 2.24) is 0 Å². The van der Waals surface area contributed by atoms with Gasteiger partial charge >= 0.3 is 5.97 Å². The van der Waals surface area contributed by atoms with Gasteiger partial charge < -0.3 is 4.74 Å². The topological polar surface area (TPSA) is 26.3 Å². The number of hydrogen-bond acceptors (Lipinski definition) is 2. The number of allylic oxidation sites excluding steroid dienone is 1. The molecule has 0 aromatic rings. The monoisotopic (exact) mass is 190 g/mol. The normalized spacial score (nSPS) is 13.7. The maximum Gasteiger partial charge on any atom is 0.306 e. The molecule has 0 radical (unpaired) electrons. The van der Waals surface area contributed by atoms with Crippen molar-refractivity contribution in [2.75, 3.05) is 7.11 Å². The second-order valence-electron chi connectivity index (χ2n) is 3.38. The molecule has 0 aliphatic heterocycles. The van der Waals surface area contributed by atoms with Crippen molar-refractivity contribution in [1.29, 1.82) is 0 Å². The number of esters is 1. The van der Waals surface area contributed by atoms with Crippen molar-refractivity contribution in [2.45, 2.75) is 25.6 Å². The standard InChI is InChI=1S/C9H15ClO2/c1-5-7(10)9(2,3)6-8(11)12-4/h5,7H,1,6H2,2-4H3. The van der Waals surface area contributed by atoms with Crippen molar-refractivity contribution < 1.29 is 9.53 Å². The van der Waals surface area contributed by atoms with E-state index in [9.17, 15) is 4.79 Å². The van der Waals surface area contributed by atoms with E-state index in [4.69, 9.17) is 11.6 Å². The van der Waals surface area contributed by atoms with E-state index >= 15 is 0 Å². The Morgan fingerprint density at radius 1 is 1.75 bits per heavy atom. The lowest BCUT2D eigenvalue weighted by Crippen LogP contribution is -2.26. The van der Waals surface area contributed by atoms with E-state index in [-0.39, 0.29) is 16.8 Å². The van der Waals surface area contributed by atoms with Crippen LogP contribution in [0.3, 0.4) is 0 Å². The molecule has 0 rings (SSSR count). The van der Waals surface area contributed by atoms with Gasteiger partial charge in [-0.1, -0.05) is 19.9 Å². The zero-order valence-corrected chi connectivity index (χ0v) is 8.52. The number of carbonyl (C=O) groups is 1. The minimum absolute atomic E-state index is 0.211. The van der Waals surface area contributed by atoms with E-state index in [1.165, 1.54) is 7.11 Å². The summed E-state index contributed by atoms with van der Waals surface area (Å²) in [5, 5.41) is -0.211. The molecule has 0 spiro atoms. The Kier molecular flexibility index (Phi) is 4.32. The Morgan fingerprint density at radius 3 is 2.58 bits per heavy atom. The lowest BCUT2D eigenvalue weighted by Gasteiger charge is -2.26. The maximum atomic E-state index is 10.9. The second-order valence-corrected chi connectivity index (χ2v) is 3.85. The largest absolute Gasteiger partial charge is 0.469 e. The highest BCUT2D eigenvalue weighted by atomic mass is 35.5. The average Bonchev–Trinajstić information content (AvgIpc) is 2.02. The van der Waals surface area contributed by atoms with Crippen molar-refractivity contribution in [2.24, 2.45) is 5.41 Å². The summed E-state index contributed by atoms with van der Waals surface area (Å²) in [6.07, 6.45) is 1.94. The van der Waals surface area contributed by atoms with Crippen LogP contribution in [0.1, 0.15) is 20.3 Å². The summed E-state index contributed by atoms with van der Waals surface area (Å²) in [5.41, 5.74) is -0.295. The predicted octanol–water partition coefficient (Wildman–Crippen LogP) is 2.37. The van der Waals surface area contributed by atoms with Crippen LogP contribution in [0.25, 0.3) is 0 Å². The number of carbonyl (C=O) groups excluding carboxylic acids is 1. The summed E-state index contributed by atoms with van der Waals surface area (Å²) < 4.78 is 4.55. The summed E-state index contributed by atoms with van der Waals surface area (Å²) >= 11 is 5.93. The molecule has 0 amide bonds. The minimum Gasteiger partial charge on any atom is -0.469 e. The molecule has 0 aliphatic carbocycles. The van der Waals surface area contributed by atoms with Gasteiger partial charge in [-0.05, 0) is 5.41 Å². The van der Waals surface area contributed by atoms with Crippen molar-refractivity contribution >= 4 is 17.6 Å². The highest BCUT2D eigenvalue weighted by molar-refractivity contribution is 6.22. The van der Waals surface area contributed by atoms with Crippen LogP contribution in [-0.2, 0) is 9.53 Å². The van der Waals surface area contributed by atoms with Crippen LogP contribution >= 0.6 is 11.6 Å². The number of ether oxygens (including phenoxy) is 1. The Labute approximate surface area is 78.5 Å². The third-order valence-corrected chi connectivity index (χ3v) is 2.55. The Balaban J connectivity index is 4.20. The molecule has 12 heavy (non-hydrogen) atoms. The van der Waals surface area contributed by atoms with Crippen LogP contribution in [0.5, 0.6) is 0 Å². The summed E-state index contributed by atoms with van der Waals surface area (Å²) in [6, 6.07) is 0. The van der Waals surface area contributed by atoms with E-state index in [1.807, 2.05) is 13.8 Å². The van der Waals surface area contributed by atoms with Crippen LogP contribution in [0.15, 0.2) is 12.7 Å². The number of methoxy groups -OCH3 is 1. The second kappa shape index (κ2) is 4.51. The highest BCUT2D eigenvalue weighted by Gasteiger charge is 2.28. The number of rotatable bonds is 4. The zero-order chi connectivity index (χ0) is 9.78. The fourth-order valence-corrected chi connectivity index (χ4v) is 0.938. The molecular weight excluding hydrogens is 176 g/mol. The Morgan fingerprint density at radius 2 is 2.25 bits per heavy atom. The maximum absolute atomic E-state index is 10.9. The predicted molar refractivity (Wildman–Crippen MR) is 50.3 cm³/mol. The van der Waals surface area contributed by atoms with Gasteiger partial charge in [-0.3, -0.25) is 4.79 Å². The zero-order valence-electron chi connectivity index (χ0n) is 7.76. The summed E-state index contributed by atoms with van der Waals surface area (Å²) in [4.78, 5) is 10.9. The van der Waals surface area contributed by atoms with Gasteiger partial charge in [0, 0.05) is 0 Å². The van der Waals surface area contributed by atoms with E-state index in [0.717, 1.165) is 0 Å². The van der Waals surface area contributed by atoms with Gasteiger partial charge in [-0.25, -0.2) is 0 Å². The van der Waals surface area contributed by atoms with Gasteiger partial charge in [-0.15, -0.1) is 18.2 Å². The van der Waals surface area contributed by atoms with Crippen molar-refractivity contribution in [3.05, 3.63) is 12.7 Å². The van der Waals surface area contributed by atoms with Crippen molar-refractivity contribution in [3.8, 4) is 0 Å². The summed E-state index contributed by atoms with van der Waals surface area (Å²) in [5.74, 6) is -0.243. The number of halogens is 1. The first-order valence-corrected chi connectivity index (χ1v) is 4.21. The highest BCUT2D eigenvalue weighted by Crippen LogP contribution is 2.30. The van der Waals surface area contributed by atoms with Crippen molar-refractivity contribution in [3.63, 3.8) is 0 Å². The van der Waals surface area contributed by atoms with E-state index in [0.29, 0.717) is 6.42 Å². The molecule has 0 N–H and O–H groups in total. The van der Waals surface area contributed by atoms with Crippen LogP contribution in [0.2, 0.25) is 0 Å². The first-order chi connectivity index (χ1) is 5.44. The van der Waals surface area contributed by atoms with Crippen LogP contribution in [-0.4, -0.2) is 18.5 Å². The third-order valence-electron chi connectivity index (χ3n) is 1.78. The fraction of sp³-hybridized carbons (Fsp3) is 0.667. The molecule has 0 fully saturated rings. The van der Waals surface area contributed by atoms with Crippen LogP contribution in [0.4, 0.5) is 0 Å². The molecule has 0 bridgehead atoms. The Hall–Kier alpha value is -0.500. The molecule has 0 saturated carbocycles. The quantitative estimate of drug-likeness (QED) is 0.387. The molecule has 0 heterocycles. The van der Waals surface area contributed by atoms with Gasteiger partial charge in [0.15, 0.2) is 0 Å². The minimum atomic E-state index is -0.295. The van der Waals surface area contributed by atoms with E-state index in [2.05, 4.69) is 11.3 Å². The van der Waals surface area contributed by atoms with Gasteiger partial charge in [0.1, 0.15) is 0 Å². The fourth-order valence-electron chi connectivity index (χ4n) is 0.861. The lowest BCUT2D eigenvalue weighted by atomic mass is 9.85. The smallest absolute Gasteiger partial charge is 0.306 e. The molecule has 1 unspecified atom stereocenters. The van der Waals surface area contributed by atoms with Crippen LogP contribution in [0, 0.1) is 5.41 Å². The molecule has 0 aromatic heterocycles. The average molecular weight is 191 g/mol. The van der Waals surface area contributed by atoms with Gasteiger partial charge in [-0.2, -0.15) is 0 Å². The number of hydrogen-bond donors (Lipinski definition) is 0. The first kappa shape index (κ1) is 11.5. The molecule has 0 saturated heterocycles. The van der Waals surface area contributed by atoms with E-state index < -0.39 is 0 Å². The molecule has 1 atom stereocenters. The first-order valence-electron chi connectivity index (χ1n) is 3.77. The molecule has 70 valence electrons. The van der Waals surface area contributed by atoms with E-state index in [1.54, 1.807) is 6.08 Å². The Bertz CT molecular complexity index is 175. The molecule has 3 heteroatoms. The lowest BCUT2D eigenvalue weighted by molar-refractivity contribution is -0.142. The van der Waals surface area contributed by atoms with Gasteiger partial charge in [0.2, 0.25) is 0 Å². The third kappa shape index (κ3) is 3.26. The van der Waals surface area contributed by atoms with Gasteiger partial charge in [0.05, 0.1) is 18.9 Å². The van der Waals surface area contributed by atoms with Crippen LogP contribution < -0.4 is 0 Å². The molecule has 2 nitrogen and oxygen atoms in total. The molecule has 0 aromatic carbocycles. The molecule has 0 aliphatic rings. The summed E-state index contributed by atoms with van der Waals surface area (Å²) in [6.45, 7) is 7.39. The van der Waals surface area contributed by atoms with Gasteiger partial charge in [0.25, 0.3) is 0 Å². The molecular formula is C9H15ClO2. The number of alkyl halides is 1. The summed E-state index contributed by atoms with van der Waals surface area (Å²) in [7, 11) is 1.37.